The maximum atomic E-state index is 14.8. The standard InChI is InChI=1S/C32H28F2N4O8/c1-17(2)15-41-31(39)43-21-9-11-23(25(33)13-21)27-35-29(45-37-27)19-5-7-20(8-6-19)30-36-28(38-46-30)24-12-10-22(14-26(24)34)44-32(40)42-16-18(3)4/h5-14,17-18H,15-16H2,1-4H3. The number of aromatic nitrogens is 4. The summed E-state index contributed by atoms with van der Waals surface area (Å²) in [5, 5.41) is 7.71. The van der Waals surface area contributed by atoms with Crippen LogP contribution in [0.1, 0.15) is 27.7 Å². The number of hydrogen-bond acceptors (Lipinski definition) is 12. The lowest BCUT2D eigenvalue weighted by Crippen LogP contribution is -2.14. The number of carbonyl (C=O) groups is 2. The van der Waals surface area contributed by atoms with Gasteiger partial charge in [-0.25, -0.2) is 18.4 Å². The lowest BCUT2D eigenvalue weighted by molar-refractivity contribution is 0.0876. The normalized spacial score (nSPS) is 11.1. The first kappa shape index (κ1) is 31.8. The molecule has 0 saturated heterocycles. The van der Waals surface area contributed by atoms with Crippen LogP contribution in [0.2, 0.25) is 0 Å². The van der Waals surface area contributed by atoms with Crippen molar-refractivity contribution in [3.8, 4) is 57.2 Å². The van der Waals surface area contributed by atoms with Gasteiger partial charge in [-0.05, 0) is 60.4 Å². The van der Waals surface area contributed by atoms with Gasteiger partial charge in [-0.15, -0.1) is 0 Å². The molecule has 0 aliphatic carbocycles. The molecule has 0 spiro atoms. The van der Waals surface area contributed by atoms with Crippen LogP contribution in [-0.4, -0.2) is 45.8 Å². The molecular weight excluding hydrogens is 606 g/mol. The molecule has 0 saturated carbocycles. The van der Waals surface area contributed by atoms with Crippen molar-refractivity contribution in [2.45, 2.75) is 27.7 Å². The minimum Gasteiger partial charge on any atom is -0.434 e. The Morgan fingerprint density at radius 2 is 1.04 bits per heavy atom. The number of carbonyl (C=O) groups excluding carboxylic acids is 2. The van der Waals surface area contributed by atoms with E-state index in [0.717, 1.165) is 12.1 Å². The van der Waals surface area contributed by atoms with E-state index in [1.807, 2.05) is 27.7 Å². The Balaban J connectivity index is 1.24. The number of ether oxygens (including phenoxy) is 4. The van der Waals surface area contributed by atoms with Gasteiger partial charge in [0.2, 0.25) is 11.6 Å². The molecule has 5 aromatic rings. The van der Waals surface area contributed by atoms with Crippen LogP contribution in [0.25, 0.3) is 45.7 Å². The monoisotopic (exact) mass is 634 g/mol. The van der Waals surface area contributed by atoms with Gasteiger partial charge in [-0.2, -0.15) is 9.97 Å². The summed E-state index contributed by atoms with van der Waals surface area (Å²) in [5.74, 6) is -1.09. The van der Waals surface area contributed by atoms with Crippen LogP contribution in [0.3, 0.4) is 0 Å². The summed E-state index contributed by atoms with van der Waals surface area (Å²) in [5.41, 5.74) is 1.10. The maximum Gasteiger partial charge on any atom is 0.513 e. The predicted molar refractivity (Wildman–Crippen MR) is 157 cm³/mol. The molecule has 0 aliphatic rings. The molecule has 0 atom stereocenters. The molecule has 12 nitrogen and oxygen atoms in total. The quantitative estimate of drug-likeness (QED) is 0.109. The molecule has 2 heterocycles. The fourth-order valence-electron chi connectivity index (χ4n) is 3.86. The highest BCUT2D eigenvalue weighted by Gasteiger charge is 2.19. The van der Waals surface area contributed by atoms with Gasteiger partial charge < -0.3 is 28.0 Å². The second-order valence-corrected chi connectivity index (χ2v) is 10.8. The Morgan fingerprint density at radius 3 is 1.39 bits per heavy atom. The van der Waals surface area contributed by atoms with Crippen molar-refractivity contribution in [1.29, 1.82) is 0 Å². The van der Waals surface area contributed by atoms with Crippen LogP contribution >= 0.6 is 0 Å². The zero-order valence-corrected chi connectivity index (χ0v) is 25.2. The average molecular weight is 635 g/mol. The van der Waals surface area contributed by atoms with Crippen molar-refractivity contribution in [3.63, 3.8) is 0 Å². The van der Waals surface area contributed by atoms with Crippen LogP contribution in [-0.2, 0) is 9.47 Å². The fourth-order valence-corrected chi connectivity index (χ4v) is 3.86. The minimum atomic E-state index is -0.934. The number of rotatable bonds is 10. The van der Waals surface area contributed by atoms with Crippen LogP contribution in [0.5, 0.6) is 11.5 Å². The maximum absolute atomic E-state index is 14.8. The molecule has 238 valence electrons. The Labute approximate surface area is 261 Å². The number of nitrogens with zero attached hydrogens (tertiary/aromatic N) is 4. The zero-order chi connectivity index (χ0) is 32.8. The van der Waals surface area contributed by atoms with E-state index in [2.05, 4.69) is 20.3 Å². The average Bonchev–Trinajstić information content (AvgIpc) is 3.70. The lowest BCUT2D eigenvalue weighted by atomic mass is 10.1. The van der Waals surface area contributed by atoms with Crippen LogP contribution < -0.4 is 9.47 Å². The molecule has 5 rings (SSSR count). The molecule has 0 unspecified atom stereocenters. The number of halogens is 2. The van der Waals surface area contributed by atoms with Crippen molar-refractivity contribution in [3.05, 3.63) is 72.3 Å². The largest absolute Gasteiger partial charge is 0.513 e. The van der Waals surface area contributed by atoms with Crippen molar-refractivity contribution < 1.29 is 46.4 Å². The minimum absolute atomic E-state index is 0.0158. The van der Waals surface area contributed by atoms with E-state index in [0.29, 0.717) is 11.1 Å². The van der Waals surface area contributed by atoms with E-state index in [-0.39, 0.29) is 71.1 Å². The summed E-state index contributed by atoms with van der Waals surface area (Å²) in [7, 11) is 0. The number of hydrogen-bond donors (Lipinski definition) is 0. The van der Waals surface area contributed by atoms with E-state index in [1.54, 1.807) is 24.3 Å². The zero-order valence-electron chi connectivity index (χ0n) is 25.2. The van der Waals surface area contributed by atoms with Crippen LogP contribution in [0.4, 0.5) is 18.4 Å². The third-order valence-corrected chi connectivity index (χ3v) is 6.07. The second kappa shape index (κ2) is 14.0. The van der Waals surface area contributed by atoms with Gasteiger partial charge in [0.25, 0.3) is 11.8 Å². The first-order chi connectivity index (χ1) is 22.0. The highest BCUT2D eigenvalue weighted by atomic mass is 19.1. The van der Waals surface area contributed by atoms with Crippen molar-refractivity contribution in [2.24, 2.45) is 11.8 Å². The van der Waals surface area contributed by atoms with Gasteiger partial charge in [0.05, 0.1) is 24.3 Å². The van der Waals surface area contributed by atoms with E-state index >= 15 is 0 Å². The van der Waals surface area contributed by atoms with Gasteiger partial charge in [-0.1, -0.05) is 38.0 Å². The van der Waals surface area contributed by atoms with Crippen LogP contribution in [0.15, 0.2) is 69.7 Å². The molecule has 0 bridgehead atoms. The molecule has 0 fully saturated rings. The summed E-state index contributed by atoms with van der Waals surface area (Å²) in [4.78, 5) is 32.0. The lowest BCUT2D eigenvalue weighted by Gasteiger charge is -2.08. The molecule has 0 amide bonds. The highest BCUT2D eigenvalue weighted by Crippen LogP contribution is 2.30. The van der Waals surface area contributed by atoms with Gasteiger partial charge in [-0.3, -0.25) is 0 Å². The van der Waals surface area contributed by atoms with Crippen molar-refractivity contribution >= 4 is 12.3 Å². The summed E-state index contributed by atoms with van der Waals surface area (Å²) in [6.07, 6.45) is -1.87. The smallest absolute Gasteiger partial charge is 0.434 e. The molecule has 2 aromatic heterocycles. The first-order valence-corrected chi connectivity index (χ1v) is 14.1. The summed E-state index contributed by atoms with van der Waals surface area (Å²) >= 11 is 0. The summed E-state index contributed by atoms with van der Waals surface area (Å²) in [6, 6.07) is 14.1. The highest BCUT2D eigenvalue weighted by molar-refractivity contribution is 5.68. The van der Waals surface area contributed by atoms with E-state index in [4.69, 9.17) is 28.0 Å². The molecule has 0 aliphatic heterocycles. The third-order valence-electron chi connectivity index (χ3n) is 6.07. The molecule has 3 aromatic carbocycles. The predicted octanol–water partition coefficient (Wildman–Crippen LogP) is 7.74. The Bertz CT molecular complexity index is 1700. The summed E-state index contributed by atoms with van der Waals surface area (Å²) < 4.78 is 60.1. The molecule has 46 heavy (non-hydrogen) atoms. The SMILES string of the molecule is CC(C)COC(=O)Oc1ccc(-c2noc(-c3ccc(-c4nc(-c5ccc(OC(=O)OCC(C)C)cc5F)no4)cc3)n2)c(F)c1. The van der Waals surface area contributed by atoms with Crippen molar-refractivity contribution in [1.82, 2.24) is 20.3 Å². The second-order valence-electron chi connectivity index (χ2n) is 10.8. The topological polar surface area (TPSA) is 149 Å². The molecule has 0 N–H and O–H groups in total. The van der Waals surface area contributed by atoms with Gasteiger partial charge in [0.15, 0.2) is 0 Å². The Kier molecular flexibility index (Phi) is 9.64. The van der Waals surface area contributed by atoms with E-state index in [1.165, 1.54) is 24.3 Å². The van der Waals surface area contributed by atoms with Gasteiger partial charge >= 0.3 is 12.3 Å². The summed E-state index contributed by atoms with van der Waals surface area (Å²) in [6.45, 7) is 7.84. The third kappa shape index (κ3) is 7.88. The van der Waals surface area contributed by atoms with Gasteiger partial charge in [0.1, 0.15) is 23.1 Å². The van der Waals surface area contributed by atoms with Crippen molar-refractivity contribution in [2.75, 3.05) is 13.2 Å². The van der Waals surface area contributed by atoms with Crippen LogP contribution in [0, 0.1) is 23.5 Å². The molecular formula is C32H28F2N4O8. The molecule has 0 radical (unpaired) electrons. The molecule has 14 heteroatoms. The van der Waals surface area contributed by atoms with E-state index < -0.39 is 23.9 Å². The van der Waals surface area contributed by atoms with E-state index in [9.17, 15) is 18.4 Å². The number of benzene rings is 3. The first-order valence-electron chi connectivity index (χ1n) is 14.1. The fraction of sp³-hybridized carbons (Fsp3) is 0.250. The Morgan fingerprint density at radius 1 is 0.652 bits per heavy atom. The Hall–Kier alpha value is -5.66. The van der Waals surface area contributed by atoms with Gasteiger partial charge in [0, 0.05) is 23.3 Å².